The summed E-state index contributed by atoms with van der Waals surface area (Å²) in [7, 11) is 2.23. The van der Waals surface area contributed by atoms with Crippen LogP contribution in [0.1, 0.15) is 32.1 Å². The van der Waals surface area contributed by atoms with E-state index in [2.05, 4.69) is 17.3 Å². The fraction of sp³-hybridized carbons (Fsp3) is 1.00. The number of hydrogen-bond acceptors (Lipinski definition) is 2. The van der Waals surface area contributed by atoms with Gasteiger partial charge in [-0.2, -0.15) is 0 Å². The number of likely N-dealkylation sites (tertiary alicyclic amines) is 1. The van der Waals surface area contributed by atoms with Crippen molar-refractivity contribution >= 4 is 0 Å². The molecule has 0 bridgehead atoms. The van der Waals surface area contributed by atoms with E-state index in [-0.39, 0.29) is 0 Å². The van der Waals surface area contributed by atoms with E-state index in [0.717, 1.165) is 11.8 Å². The van der Waals surface area contributed by atoms with Crippen LogP contribution >= 0.6 is 0 Å². The summed E-state index contributed by atoms with van der Waals surface area (Å²) >= 11 is 0. The lowest BCUT2D eigenvalue weighted by Crippen LogP contribution is -2.28. The van der Waals surface area contributed by atoms with E-state index >= 15 is 0 Å². The lowest BCUT2D eigenvalue weighted by atomic mass is 10.1. The summed E-state index contributed by atoms with van der Waals surface area (Å²) in [6, 6.07) is 0. The normalized spacial score (nSPS) is 30.2. The molecule has 0 amide bonds. The Balaban J connectivity index is 1.54. The Bertz CT molecular complexity index is 164. The Morgan fingerprint density at radius 3 is 2.43 bits per heavy atom. The van der Waals surface area contributed by atoms with Gasteiger partial charge in [-0.05, 0) is 57.8 Å². The van der Waals surface area contributed by atoms with Gasteiger partial charge in [0.25, 0.3) is 0 Å². The fourth-order valence-electron chi connectivity index (χ4n) is 2.90. The van der Waals surface area contributed by atoms with Gasteiger partial charge < -0.3 is 10.2 Å². The molecule has 2 heteroatoms. The van der Waals surface area contributed by atoms with Crippen LogP contribution < -0.4 is 5.32 Å². The summed E-state index contributed by atoms with van der Waals surface area (Å²) < 4.78 is 0. The second kappa shape index (κ2) is 5.13. The molecular weight excluding hydrogens is 172 g/mol. The summed E-state index contributed by atoms with van der Waals surface area (Å²) in [6.07, 6.45) is 7.28. The molecule has 0 aromatic heterocycles. The highest BCUT2D eigenvalue weighted by molar-refractivity contribution is 4.76. The summed E-state index contributed by atoms with van der Waals surface area (Å²) in [5.41, 5.74) is 0. The summed E-state index contributed by atoms with van der Waals surface area (Å²) in [5, 5.41) is 3.66. The molecule has 0 radical (unpaired) electrons. The molecule has 2 fully saturated rings. The molecule has 2 rings (SSSR count). The van der Waals surface area contributed by atoms with Gasteiger partial charge in [0.1, 0.15) is 0 Å². The first-order valence-electron chi connectivity index (χ1n) is 6.24. The zero-order chi connectivity index (χ0) is 9.80. The molecule has 1 aliphatic heterocycles. The van der Waals surface area contributed by atoms with Gasteiger partial charge >= 0.3 is 0 Å². The Kier molecular flexibility index (Phi) is 3.82. The highest BCUT2D eigenvalue weighted by Gasteiger charge is 2.20. The van der Waals surface area contributed by atoms with Crippen LogP contribution in [0.4, 0.5) is 0 Å². The first-order chi connectivity index (χ1) is 6.84. The minimum absolute atomic E-state index is 0.918. The van der Waals surface area contributed by atoms with Crippen molar-refractivity contribution in [2.45, 2.75) is 32.1 Å². The molecule has 1 atom stereocenters. The van der Waals surface area contributed by atoms with E-state index in [0.29, 0.717) is 0 Å². The van der Waals surface area contributed by atoms with E-state index in [1.54, 1.807) is 0 Å². The minimum atomic E-state index is 0.918. The van der Waals surface area contributed by atoms with Crippen molar-refractivity contribution in [1.29, 1.82) is 0 Å². The molecule has 1 heterocycles. The Morgan fingerprint density at radius 2 is 1.79 bits per heavy atom. The first kappa shape index (κ1) is 10.4. The second-order valence-electron chi connectivity index (χ2n) is 5.23. The lowest BCUT2D eigenvalue weighted by molar-refractivity contribution is 0.381. The van der Waals surface area contributed by atoms with E-state index < -0.39 is 0 Å². The first-order valence-corrected chi connectivity index (χ1v) is 6.24. The predicted molar refractivity (Wildman–Crippen MR) is 60.4 cm³/mol. The molecule has 1 saturated carbocycles. The Hall–Kier alpha value is -0.0800. The zero-order valence-electron chi connectivity index (χ0n) is 9.47. The van der Waals surface area contributed by atoms with Crippen LogP contribution in [0.25, 0.3) is 0 Å². The van der Waals surface area contributed by atoms with E-state index in [1.807, 2.05) is 0 Å². The van der Waals surface area contributed by atoms with Crippen molar-refractivity contribution in [3.05, 3.63) is 0 Å². The molecular formula is C12H24N2. The fourth-order valence-corrected chi connectivity index (χ4v) is 2.90. The maximum absolute atomic E-state index is 3.66. The van der Waals surface area contributed by atoms with Gasteiger partial charge in [0, 0.05) is 6.54 Å². The van der Waals surface area contributed by atoms with Crippen LogP contribution in [0.3, 0.4) is 0 Å². The molecule has 0 aromatic carbocycles. The van der Waals surface area contributed by atoms with Gasteiger partial charge in [-0.3, -0.25) is 0 Å². The average molecular weight is 196 g/mol. The Labute approximate surface area is 88.1 Å². The monoisotopic (exact) mass is 196 g/mol. The number of nitrogens with zero attached hydrogens (tertiary/aromatic N) is 1. The largest absolute Gasteiger partial charge is 0.316 e. The highest BCUT2D eigenvalue weighted by Crippen LogP contribution is 2.23. The summed E-state index contributed by atoms with van der Waals surface area (Å²) in [5.74, 6) is 1.91. The molecule has 0 aromatic rings. The SMILES string of the molecule is CN1CCC(CNCC2CCCC2)C1. The van der Waals surface area contributed by atoms with Gasteiger partial charge in [0.05, 0.1) is 0 Å². The second-order valence-corrected chi connectivity index (χ2v) is 5.23. The van der Waals surface area contributed by atoms with Crippen molar-refractivity contribution in [1.82, 2.24) is 10.2 Å². The quantitative estimate of drug-likeness (QED) is 0.736. The molecule has 82 valence electrons. The standard InChI is InChI=1S/C12H24N2/c1-14-7-6-12(10-14)9-13-8-11-4-2-3-5-11/h11-13H,2-10H2,1H3. The smallest absolute Gasteiger partial charge is 0.00192 e. The zero-order valence-corrected chi connectivity index (χ0v) is 9.47. The van der Waals surface area contributed by atoms with Gasteiger partial charge in [-0.25, -0.2) is 0 Å². The average Bonchev–Trinajstić information content (AvgIpc) is 2.77. The number of hydrogen-bond donors (Lipinski definition) is 1. The predicted octanol–water partition coefficient (Wildman–Crippen LogP) is 1.72. The highest BCUT2D eigenvalue weighted by atomic mass is 15.1. The van der Waals surface area contributed by atoms with Crippen LogP contribution in [0.2, 0.25) is 0 Å². The van der Waals surface area contributed by atoms with Crippen molar-refractivity contribution in [2.75, 3.05) is 33.2 Å². The number of rotatable bonds is 4. The van der Waals surface area contributed by atoms with Gasteiger partial charge in [0.15, 0.2) is 0 Å². The van der Waals surface area contributed by atoms with Gasteiger partial charge in [-0.15, -0.1) is 0 Å². The van der Waals surface area contributed by atoms with Gasteiger partial charge in [0.2, 0.25) is 0 Å². The topological polar surface area (TPSA) is 15.3 Å². The van der Waals surface area contributed by atoms with Crippen LogP contribution in [-0.2, 0) is 0 Å². The van der Waals surface area contributed by atoms with E-state index in [9.17, 15) is 0 Å². The maximum atomic E-state index is 3.66. The van der Waals surface area contributed by atoms with E-state index in [1.165, 1.54) is 58.3 Å². The van der Waals surface area contributed by atoms with Crippen molar-refractivity contribution in [3.8, 4) is 0 Å². The van der Waals surface area contributed by atoms with Crippen LogP contribution in [0.5, 0.6) is 0 Å². The summed E-state index contributed by atoms with van der Waals surface area (Å²) in [4.78, 5) is 2.45. The van der Waals surface area contributed by atoms with Crippen molar-refractivity contribution < 1.29 is 0 Å². The minimum Gasteiger partial charge on any atom is -0.316 e. The summed E-state index contributed by atoms with van der Waals surface area (Å²) in [6.45, 7) is 5.13. The van der Waals surface area contributed by atoms with Crippen LogP contribution in [0, 0.1) is 11.8 Å². The molecule has 14 heavy (non-hydrogen) atoms. The van der Waals surface area contributed by atoms with Crippen molar-refractivity contribution in [3.63, 3.8) is 0 Å². The molecule has 2 nitrogen and oxygen atoms in total. The lowest BCUT2D eigenvalue weighted by Gasteiger charge is -2.14. The molecule has 1 aliphatic carbocycles. The molecule has 1 N–H and O–H groups in total. The number of nitrogens with one attached hydrogen (secondary N) is 1. The Morgan fingerprint density at radius 1 is 1.07 bits per heavy atom. The third kappa shape index (κ3) is 2.96. The van der Waals surface area contributed by atoms with Crippen LogP contribution in [0.15, 0.2) is 0 Å². The third-order valence-corrected chi connectivity index (χ3v) is 3.83. The molecule has 2 aliphatic rings. The third-order valence-electron chi connectivity index (χ3n) is 3.83. The van der Waals surface area contributed by atoms with Gasteiger partial charge in [-0.1, -0.05) is 12.8 Å². The van der Waals surface area contributed by atoms with E-state index in [4.69, 9.17) is 0 Å². The van der Waals surface area contributed by atoms with Crippen LogP contribution in [-0.4, -0.2) is 38.1 Å². The molecule has 1 saturated heterocycles. The van der Waals surface area contributed by atoms with Crippen molar-refractivity contribution in [2.24, 2.45) is 11.8 Å². The maximum Gasteiger partial charge on any atom is 0.00192 e. The molecule has 1 unspecified atom stereocenters. The molecule has 0 spiro atoms.